The predicted molar refractivity (Wildman–Crippen MR) is 188 cm³/mol. The maximum absolute atomic E-state index is 14.2. The van der Waals surface area contributed by atoms with Crippen molar-refractivity contribution < 1.29 is 33.7 Å². The van der Waals surface area contributed by atoms with Crippen molar-refractivity contribution in [1.82, 2.24) is 4.90 Å². The number of aliphatic imine (C=N–C) groups is 1. The van der Waals surface area contributed by atoms with Crippen molar-refractivity contribution in [1.29, 1.82) is 0 Å². The van der Waals surface area contributed by atoms with E-state index in [0.717, 1.165) is 59.1 Å². The number of amides is 1. The molecule has 1 amide bonds. The number of carbonyl (C=O) groups excluding carboxylic acids is 3. The molecule has 0 aromatic heterocycles. The van der Waals surface area contributed by atoms with Crippen LogP contribution in [0.4, 0.5) is 0 Å². The van der Waals surface area contributed by atoms with Crippen LogP contribution in [0.2, 0.25) is 0 Å². The van der Waals surface area contributed by atoms with Crippen LogP contribution in [-0.2, 0) is 46.9 Å². The molecule has 0 spiro atoms. The number of phenolic OH excluding ortho intramolecular Hbond substituents is 1. The average Bonchev–Trinajstić information content (AvgIpc) is 3.10. The zero-order valence-corrected chi connectivity index (χ0v) is 29.3. The fourth-order valence-corrected chi connectivity index (χ4v) is 8.19. The third-order valence-corrected chi connectivity index (χ3v) is 10.7. The fourth-order valence-electron chi connectivity index (χ4n) is 6.78. The third kappa shape index (κ3) is 6.51. The summed E-state index contributed by atoms with van der Waals surface area (Å²) in [5, 5.41) is 10.5. The first kappa shape index (κ1) is 34.5. The first-order valence-corrected chi connectivity index (χ1v) is 17.6. The Morgan fingerprint density at radius 2 is 1.65 bits per heavy atom. The number of β-lactam (4-membered cyclic amide) rings is 1. The molecule has 3 aromatic carbocycles. The number of hydrogen-bond acceptors (Lipinski definition) is 9. The summed E-state index contributed by atoms with van der Waals surface area (Å²) in [5.41, 5.74) is 3.77. The van der Waals surface area contributed by atoms with Crippen molar-refractivity contribution in [2.75, 3.05) is 19.5 Å². The number of hydrogen-bond donors (Lipinski definition) is 1. The lowest BCUT2D eigenvalue weighted by atomic mass is 9.79. The molecule has 0 saturated carbocycles. The maximum Gasteiger partial charge on any atom is 0.356 e. The summed E-state index contributed by atoms with van der Waals surface area (Å²) in [6.45, 7) is 7.30. The Morgan fingerprint density at radius 1 is 1.04 bits per heavy atom. The molecular weight excluding hydrogens is 641 g/mol. The van der Waals surface area contributed by atoms with Crippen LogP contribution in [0, 0.1) is 0 Å². The minimum atomic E-state index is -1.59. The minimum absolute atomic E-state index is 0.0340. The highest BCUT2D eigenvalue weighted by Gasteiger charge is 2.66. The zero-order valence-electron chi connectivity index (χ0n) is 28.5. The number of rotatable bonds is 9. The monoisotopic (exact) mass is 682 g/mol. The Balaban J connectivity index is 1.36. The number of benzene rings is 3. The maximum atomic E-state index is 14.2. The molecule has 10 heteroatoms. The van der Waals surface area contributed by atoms with E-state index in [1.54, 1.807) is 6.21 Å². The number of ether oxygens (including phenoxy) is 3. The van der Waals surface area contributed by atoms with Crippen molar-refractivity contribution in [2.24, 2.45) is 4.99 Å². The summed E-state index contributed by atoms with van der Waals surface area (Å²) in [6.07, 6.45) is 4.52. The molecule has 1 N–H and O–H groups in total. The van der Waals surface area contributed by atoms with Crippen molar-refractivity contribution in [3.05, 3.63) is 111 Å². The van der Waals surface area contributed by atoms with Gasteiger partial charge in [0.25, 0.3) is 11.6 Å². The van der Waals surface area contributed by atoms with E-state index in [1.807, 2.05) is 66.7 Å². The molecule has 3 aliphatic rings. The van der Waals surface area contributed by atoms with Gasteiger partial charge in [-0.2, -0.15) is 0 Å². The lowest BCUT2D eigenvalue weighted by molar-refractivity contribution is -0.183. The number of carbonyl (C=O) groups is 3. The molecule has 0 radical (unpaired) electrons. The molecule has 49 heavy (non-hydrogen) atoms. The summed E-state index contributed by atoms with van der Waals surface area (Å²) < 4.78 is 17.4. The van der Waals surface area contributed by atoms with Gasteiger partial charge in [0.1, 0.15) is 23.4 Å². The lowest BCUT2D eigenvalue weighted by Gasteiger charge is -2.54. The lowest BCUT2D eigenvalue weighted by Crippen LogP contribution is -2.73. The first-order chi connectivity index (χ1) is 23.5. The van der Waals surface area contributed by atoms with Gasteiger partial charge in [0.2, 0.25) is 0 Å². The molecule has 9 nitrogen and oxygen atoms in total. The van der Waals surface area contributed by atoms with Crippen LogP contribution < -0.4 is 0 Å². The standard InChI is InChI=1S/C39H42N2O7S/c1-24(42)47-22-28-23-49-37-39(46-5,40-21-27-20-31(38(2,3)4)33(43)30-19-13-12-18-29(27)30)36(45)41(37)32(28)35(44)48-34(25-14-8-6-9-15-25)26-16-10-7-11-17-26/h6-11,14-17,20-21,34,37,43H,12-13,18-19,22-23H2,1-5H3/t37-,39-/m0/s1. The molecule has 1 saturated heterocycles. The second-order valence-electron chi connectivity index (χ2n) is 13.6. The van der Waals surface area contributed by atoms with Crippen LogP contribution >= 0.6 is 11.8 Å². The second-order valence-corrected chi connectivity index (χ2v) is 14.7. The Bertz CT molecular complexity index is 1780. The highest BCUT2D eigenvalue weighted by atomic mass is 32.2. The molecule has 6 rings (SSSR count). The third-order valence-electron chi connectivity index (χ3n) is 9.33. The van der Waals surface area contributed by atoms with Crippen LogP contribution in [0.25, 0.3) is 0 Å². The molecule has 1 aliphatic carbocycles. The summed E-state index contributed by atoms with van der Waals surface area (Å²) in [6, 6.07) is 20.7. The normalized spacial score (nSPS) is 20.6. The van der Waals surface area contributed by atoms with E-state index in [0.29, 0.717) is 11.3 Å². The van der Waals surface area contributed by atoms with Crippen molar-refractivity contribution >= 4 is 35.8 Å². The highest BCUT2D eigenvalue weighted by Crippen LogP contribution is 2.49. The first-order valence-electron chi connectivity index (χ1n) is 16.6. The molecular formula is C39H42N2O7S. The van der Waals surface area contributed by atoms with Gasteiger partial charge in [-0.05, 0) is 65.0 Å². The average molecular weight is 683 g/mol. The van der Waals surface area contributed by atoms with Gasteiger partial charge in [-0.15, -0.1) is 11.8 Å². The number of phenols is 1. The Hall–Kier alpha value is -4.41. The van der Waals surface area contributed by atoms with Gasteiger partial charge in [0, 0.05) is 37.1 Å². The van der Waals surface area contributed by atoms with Crippen molar-refractivity contribution in [3.8, 4) is 5.75 Å². The van der Waals surface area contributed by atoms with E-state index in [2.05, 4.69) is 20.8 Å². The number of aromatic hydroxyl groups is 1. The van der Waals surface area contributed by atoms with Gasteiger partial charge in [0.15, 0.2) is 6.10 Å². The SMILES string of the molecule is CO[C@@]1(N=Cc2cc(C(C)(C)C)c(O)c3c2CCCC3)C(=O)N2C(C(=O)OC(c3ccccc3)c3ccccc3)=C(COC(C)=O)CS[C@H]21. The Labute approximate surface area is 291 Å². The molecule has 1 fully saturated rings. The largest absolute Gasteiger partial charge is 0.507 e. The van der Waals surface area contributed by atoms with E-state index in [4.69, 9.17) is 19.2 Å². The number of methoxy groups -OCH3 is 1. The summed E-state index contributed by atoms with van der Waals surface area (Å²) in [5.74, 6) is -1.11. The molecule has 0 bridgehead atoms. The van der Waals surface area contributed by atoms with Crippen molar-refractivity contribution in [3.63, 3.8) is 0 Å². The van der Waals surface area contributed by atoms with Gasteiger partial charge in [-0.25, -0.2) is 9.79 Å². The second kappa shape index (κ2) is 13.8. The number of nitrogens with zero attached hydrogens (tertiary/aromatic N) is 2. The Kier molecular flexibility index (Phi) is 9.73. The van der Waals surface area contributed by atoms with E-state index in [9.17, 15) is 19.5 Å². The topological polar surface area (TPSA) is 115 Å². The molecule has 3 aromatic rings. The zero-order chi connectivity index (χ0) is 34.9. The molecule has 2 heterocycles. The molecule has 256 valence electrons. The van der Waals surface area contributed by atoms with Crippen molar-refractivity contribution in [2.45, 2.75) is 76.0 Å². The number of esters is 2. The predicted octanol–water partition coefficient (Wildman–Crippen LogP) is 6.40. The van der Waals surface area contributed by atoms with E-state index < -0.39 is 35.0 Å². The van der Waals surface area contributed by atoms with Gasteiger partial charge in [0.05, 0.1) is 0 Å². The summed E-state index contributed by atoms with van der Waals surface area (Å²) in [7, 11) is 1.44. The van der Waals surface area contributed by atoms with Crippen LogP contribution in [-0.4, -0.2) is 64.6 Å². The van der Waals surface area contributed by atoms with Gasteiger partial charge in [-0.3, -0.25) is 14.5 Å². The Morgan fingerprint density at radius 3 is 2.22 bits per heavy atom. The molecule has 0 unspecified atom stereocenters. The van der Waals surface area contributed by atoms with Gasteiger partial charge >= 0.3 is 11.9 Å². The van der Waals surface area contributed by atoms with Gasteiger partial charge in [-0.1, -0.05) is 81.4 Å². The van der Waals surface area contributed by atoms with E-state index in [-0.39, 0.29) is 23.5 Å². The van der Waals surface area contributed by atoms with Crippen LogP contribution in [0.3, 0.4) is 0 Å². The smallest absolute Gasteiger partial charge is 0.356 e. The van der Waals surface area contributed by atoms with Crippen LogP contribution in [0.1, 0.15) is 80.0 Å². The quantitative estimate of drug-likeness (QED) is 0.157. The highest BCUT2D eigenvalue weighted by molar-refractivity contribution is 8.00. The summed E-state index contributed by atoms with van der Waals surface area (Å²) >= 11 is 1.38. The number of fused-ring (bicyclic) bond motifs is 2. The molecule has 2 atom stereocenters. The fraction of sp³-hybridized carbons (Fsp3) is 0.385. The van der Waals surface area contributed by atoms with E-state index in [1.165, 1.54) is 30.7 Å². The number of thioether (sulfide) groups is 1. The molecule has 2 aliphatic heterocycles. The summed E-state index contributed by atoms with van der Waals surface area (Å²) in [4.78, 5) is 46.5. The minimum Gasteiger partial charge on any atom is -0.507 e. The van der Waals surface area contributed by atoms with E-state index >= 15 is 0 Å². The van der Waals surface area contributed by atoms with Crippen LogP contribution in [0.5, 0.6) is 5.75 Å². The van der Waals surface area contributed by atoms with Gasteiger partial charge < -0.3 is 19.3 Å². The van der Waals surface area contributed by atoms with Crippen LogP contribution in [0.15, 0.2) is 83.0 Å².